The number of carbonyl (C=O) groups excluding carboxylic acids is 3. The fraction of sp³-hybridized carbons (Fsp3) is 0.727. The van der Waals surface area contributed by atoms with Gasteiger partial charge in [0.15, 0.2) is 0 Å². The molecule has 1 heterocycles. The first kappa shape index (κ1) is 12.8. The number of hydrogen-bond acceptors (Lipinski definition) is 4. The van der Waals surface area contributed by atoms with Gasteiger partial charge in [-0.25, -0.2) is 4.79 Å². The van der Waals surface area contributed by atoms with E-state index in [9.17, 15) is 19.5 Å². The summed E-state index contributed by atoms with van der Waals surface area (Å²) in [5.41, 5.74) is 0. The van der Waals surface area contributed by atoms with E-state index in [1.807, 2.05) is 0 Å². The Morgan fingerprint density at radius 2 is 2.22 bits per heavy atom. The van der Waals surface area contributed by atoms with Crippen LogP contribution < -0.4 is 10.6 Å². The highest BCUT2D eigenvalue weighted by atomic mass is 16.3. The van der Waals surface area contributed by atoms with E-state index in [0.29, 0.717) is 13.0 Å². The fourth-order valence-electron chi connectivity index (χ4n) is 2.31. The van der Waals surface area contributed by atoms with Crippen LogP contribution in [0.25, 0.3) is 0 Å². The zero-order valence-electron chi connectivity index (χ0n) is 10.0. The van der Waals surface area contributed by atoms with Crippen molar-refractivity contribution < 1.29 is 19.5 Å². The summed E-state index contributed by atoms with van der Waals surface area (Å²) in [5, 5.41) is 14.4. The predicted molar refractivity (Wildman–Crippen MR) is 61.5 cm³/mol. The maximum Gasteiger partial charge on any atom is 0.325 e. The molecule has 3 N–H and O–H groups in total. The third-order valence-electron chi connectivity index (χ3n) is 3.34. The van der Waals surface area contributed by atoms with E-state index in [4.69, 9.17) is 0 Å². The quantitative estimate of drug-likeness (QED) is 0.550. The van der Waals surface area contributed by atoms with Crippen LogP contribution in [0.2, 0.25) is 0 Å². The van der Waals surface area contributed by atoms with E-state index < -0.39 is 6.03 Å². The summed E-state index contributed by atoms with van der Waals surface area (Å²) in [4.78, 5) is 34.9. The Bertz CT molecular complexity index is 355. The molecule has 1 aliphatic heterocycles. The second-order valence-corrected chi connectivity index (χ2v) is 4.78. The third kappa shape index (κ3) is 2.98. The van der Waals surface area contributed by atoms with Crippen molar-refractivity contribution in [3.05, 3.63) is 0 Å². The zero-order valence-corrected chi connectivity index (χ0v) is 10.0. The van der Waals surface area contributed by atoms with Crippen LogP contribution in [0, 0.1) is 5.92 Å². The van der Waals surface area contributed by atoms with Crippen molar-refractivity contribution in [2.75, 3.05) is 19.6 Å². The van der Waals surface area contributed by atoms with Crippen molar-refractivity contribution >= 4 is 17.8 Å². The molecule has 2 atom stereocenters. The Morgan fingerprint density at radius 3 is 2.78 bits per heavy atom. The molecule has 0 aromatic rings. The molecule has 0 aromatic carbocycles. The molecule has 0 spiro atoms. The highest BCUT2D eigenvalue weighted by Crippen LogP contribution is 2.24. The molecule has 7 heteroatoms. The Hall–Kier alpha value is -1.63. The molecule has 1 saturated heterocycles. The average molecular weight is 255 g/mol. The summed E-state index contributed by atoms with van der Waals surface area (Å²) in [7, 11) is 0. The number of urea groups is 1. The molecule has 0 bridgehead atoms. The van der Waals surface area contributed by atoms with Gasteiger partial charge in [-0.05, 0) is 25.2 Å². The van der Waals surface area contributed by atoms with E-state index in [1.54, 1.807) is 0 Å². The molecule has 18 heavy (non-hydrogen) atoms. The third-order valence-corrected chi connectivity index (χ3v) is 3.34. The van der Waals surface area contributed by atoms with Gasteiger partial charge in [-0.15, -0.1) is 0 Å². The summed E-state index contributed by atoms with van der Waals surface area (Å²) in [6.07, 6.45) is 2.10. The summed E-state index contributed by atoms with van der Waals surface area (Å²) >= 11 is 0. The Morgan fingerprint density at radius 1 is 1.44 bits per heavy atom. The Kier molecular flexibility index (Phi) is 3.81. The zero-order chi connectivity index (χ0) is 13.1. The molecule has 100 valence electrons. The average Bonchev–Trinajstić information content (AvgIpc) is 2.87. The smallest absolute Gasteiger partial charge is 0.325 e. The van der Waals surface area contributed by atoms with Crippen LogP contribution in [0.4, 0.5) is 4.79 Å². The molecule has 2 rings (SSSR count). The Labute approximate surface area is 105 Å². The largest absolute Gasteiger partial charge is 0.393 e. The van der Waals surface area contributed by atoms with Gasteiger partial charge in [0.25, 0.3) is 5.91 Å². The Balaban J connectivity index is 1.72. The van der Waals surface area contributed by atoms with Crippen LogP contribution in [0.5, 0.6) is 0 Å². The second kappa shape index (κ2) is 5.34. The van der Waals surface area contributed by atoms with Crippen LogP contribution >= 0.6 is 0 Å². The molecule has 4 amide bonds. The number of aliphatic hydroxyl groups excluding tert-OH is 1. The maximum atomic E-state index is 11.6. The summed E-state index contributed by atoms with van der Waals surface area (Å²) < 4.78 is 0. The molecule has 2 unspecified atom stereocenters. The van der Waals surface area contributed by atoms with Gasteiger partial charge in [0.1, 0.15) is 6.54 Å². The van der Waals surface area contributed by atoms with Crippen LogP contribution in [-0.4, -0.2) is 53.6 Å². The van der Waals surface area contributed by atoms with E-state index in [1.165, 1.54) is 0 Å². The molecule has 0 aromatic heterocycles. The van der Waals surface area contributed by atoms with Crippen molar-refractivity contribution in [3.63, 3.8) is 0 Å². The van der Waals surface area contributed by atoms with Crippen LogP contribution in [0.3, 0.4) is 0 Å². The maximum absolute atomic E-state index is 11.6. The van der Waals surface area contributed by atoms with Gasteiger partial charge in [-0.1, -0.05) is 0 Å². The van der Waals surface area contributed by atoms with E-state index in [-0.39, 0.29) is 36.9 Å². The van der Waals surface area contributed by atoms with Gasteiger partial charge in [-0.2, -0.15) is 0 Å². The van der Waals surface area contributed by atoms with Crippen molar-refractivity contribution in [1.29, 1.82) is 0 Å². The minimum absolute atomic E-state index is 0.0407. The molecule has 7 nitrogen and oxygen atoms in total. The predicted octanol–water partition coefficient (Wildman–Crippen LogP) is -1.18. The van der Waals surface area contributed by atoms with Crippen LogP contribution in [0.15, 0.2) is 0 Å². The van der Waals surface area contributed by atoms with Crippen LogP contribution in [0.1, 0.15) is 19.3 Å². The molecular formula is C11H17N3O4. The van der Waals surface area contributed by atoms with Gasteiger partial charge in [0.05, 0.1) is 12.6 Å². The highest BCUT2D eigenvalue weighted by Gasteiger charge is 2.30. The molecular weight excluding hydrogens is 238 g/mol. The van der Waals surface area contributed by atoms with Gasteiger partial charge < -0.3 is 15.7 Å². The number of rotatable bonds is 4. The summed E-state index contributed by atoms with van der Waals surface area (Å²) in [6, 6.07) is -0.522. The molecule has 2 aliphatic rings. The minimum atomic E-state index is -0.522. The lowest BCUT2D eigenvalue weighted by Gasteiger charge is -2.14. The number of aliphatic hydroxyl groups is 1. The topological polar surface area (TPSA) is 98.7 Å². The van der Waals surface area contributed by atoms with Crippen molar-refractivity contribution in [3.8, 4) is 0 Å². The van der Waals surface area contributed by atoms with Crippen molar-refractivity contribution in [2.45, 2.75) is 25.4 Å². The second-order valence-electron chi connectivity index (χ2n) is 4.78. The molecule has 1 aliphatic carbocycles. The monoisotopic (exact) mass is 255 g/mol. The number of nitrogens with zero attached hydrogens (tertiary/aromatic N) is 1. The summed E-state index contributed by atoms with van der Waals surface area (Å²) in [5.74, 6) is -0.444. The lowest BCUT2D eigenvalue weighted by atomic mass is 10.1. The molecule has 2 fully saturated rings. The van der Waals surface area contributed by atoms with E-state index >= 15 is 0 Å². The van der Waals surface area contributed by atoms with E-state index in [2.05, 4.69) is 10.6 Å². The lowest BCUT2D eigenvalue weighted by Crippen LogP contribution is -2.42. The van der Waals surface area contributed by atoms with Crippen molar-refractivity contribution in [2.24, 2.45) is 5.92 Å². The number of nitrogens with one attached hydrogen (secondary N) is 2. The number of imide groups is 1. The number of hydrogen-bond donors (Lipinski definition) is 3. The van der Waals surface area contributed by atoms with Gasteiger partial charge in [0.2, 0.25) is 5.91 Å². The van der Waals surface area contributed by atoms with Gasteiger partial charge in [0, 0.05) is 6.54 Å². The number of amides is 4. The van der Waals surface area contributed by atoms with E-state index in [0.717, 1.165) is 17.7 Å². The highest BCUT2D eigenvalue weighted by molar-refractivity contribution is 6.04. The normalized spacial score (nSPS) is 27.5. The minimum Gasteiger partial charge on any atom is -0.393 e. The first-order valence-electron chi connectivity index (χ1n) is 6.09. The molecule has 1 saturated carbocycles. The first-order chi connectivity index (χ1) is 8.56. The first-order valence-corrected chi connectivity index (χ1v) is 6.09. The standard InChI is InChI=1S/C11H17N3O4/c15-8-2-1-7(3-8)4-12-9(16)6-14-10(17)5-13-11(14)18/h7-8,15H,1-6H2,(H,12,16)(H,13,18). The number of carbonyl (C=O) groups is 3. The van der Waals surface area contributed by atoms with Crippen molar-refractivity contribution in [1.82, 2.24) is 15.5 Å². The fourth-order valence-corrected chi connectivity index (χ4v) is 2.31. The van der Waals surface area contributed by atoms with Crippen LogP contribution in [-0.2, 0) is 9.59 Å². The summed E-state index contributed by atoms with van der Waals surface area (Å²) in [6.45, 7) is 0.209. The van der Waals surface area contributed by atoms with Gasteiger partial charge >= 0.3 is 6.03 Å². The lowest BCUT2D eigenvalue weighted by molar-refractivity contribution is -0.130. The molecule has 0 radical (unpaired) electrons. The van der Waals surface area contributed by atoms with Gasteiger partial charge in [-0.3, -0.25) is 14.5 Å². The SMILES string of the molecule is O=C(CN1C(=O)CNC1=O)NCC1CCC(O)C1.